The van der Waals surface area contributed by atoms with Crippen LogP contribution in [0.1, 0.15) is 25.8 Å². The van der Waals surface area contributed by atoms with Gasteiger partial charge in [0, 0.05) is 13.1 Å². The number of benzene rings is 1. The predicted octanol–water partition coefficient (Wildman–Crippen LogP) is 1.80. The lowest BCUT2D eigenvalue weighted by molar-refractivity contribution is -0.135. The van der Waals surface area contributed by atoms with Crippen LogP contribution in [0.2, 0.25) is 0 Å². The molecule has 1 aromatic carbocycles. The zero-order valence-electron chi connectivity index (χ0n) is 14.2. The number of hydrogen-bond donors (Lipinski definition) is 1. The predicted molar refractivity (Wildman–Crippen MR) is 89.1 cm³/mol. The molecule has 0 saturated carbocycles. The fraction of sp³-hybridized carbons (Fsp3) is 0.611. The molecule has 1 atom stereocenters. The molecule has 0 spiro atoms. The van der Waals surface area contributed by atoms with Gasteiger partial charge in [-0.2, -0.15) is 0 Å². The van der Waals surface area contributed by atoms with Crippen molar-refractivity contribution in [2.24, 2.45) is 5.92 Å². The summed E-state index contributed by atoms with van der Waals surface area (Å²) in [6.07, 6.45) is 1.07. The van der Waals surface area contributed by atoms with Gasteiger partial charge in [-0.3, -0.25) is 4.79 Å². The molecule has 1 saturated heterocycles. The molecule has 0 radical (unpaired) electrons. The maximum absolute atomic E-state index is 13.0. The zero-order valence-corrected chi connectivity index (χ0v) is 14.2. The van der Waals surface area contributed by atoms with E-state index in [4.69, 9.17) is 9.47 Å². The van der Waals surface area contributed by atoms with Crippen LogP contribution in [0.3, 0.4) is 0 Å². The number of hydrogen-bond acceptors (Lipinski definition) is 4. The van der Waals surface area contributed by atoms with Crippen molar-refractivity contribution >= 4 is 5.91 Å². The minimum atomic E-state index is -0.565. The Kier molecular flexibility index (Phi) is 4.48. The van der Waals surface area contributed by atoms with Crippen LogP contribution in [0.25, 0.3) is 0 Å². The summed E-state index contributed by atoms with van der Waals surface area (Å²) in [6.45, 7) is 7.78. The molecule has 2 heterocycles. The largest absolute Gasteiger partial charge is 0.486 e. The first-order valence-electron chi connectivity index (χ1n) is 8.36. The van der Waals surface area contributed by atoms with Gasteiger partial charge in [0.2, 0.25) is 5.91 Å². The maximum atomic E-state index is 13.0. The fourth-order valence-corrected chi connectivity index (χ4v) is 3.42. The maximum Gasteiger partial charge on any atom is 0.232 e. The van der Waals surface area contributed by atoms with Gasteiger partial charge in [0.15, 0.2) is 11.5 Å². The number of carbonyl (C=O) groups is 1. The van der Waals surface area contributed by atoms with Crippen LogP contribution in [0.15, 0.2) is 18.2 Å². The molecule has 2 aliphatic heterocycles. The van der Waals surface area contributed by atoms with Crippen LogP contribution in [-0.2, 0) is 10.2 Å². The highest BCUT2D eigenvalue weighted by atomic mass is 16.6. The van der Waals surface area contributed by atoms with Crippen molar-refractivity contribution in [2.75, 3.05) is 39.9 Å². The summed E-state index contributed by atoms with van der Waals surface area (Å²) in [7, 11) is 1.96. The summed E-state index contributed by atoms with van der Waals surface area (Å²) < 4.78 is 11.2. The second kappa shape index (κ2) is 6.40. The minimum absolute atomic E-state index is 0.188. The first kappa shape index (κ1) is 16.1. The number of likely N-dealkylation sites (tertiary alicyclic amines) is 1. The van der Waals surface area contributed by atoms with Crippen molar-refractivity contribution in [1.82, 2.24) is 10.2 Å². The van der Waals surface area contributed by atoms with E-state index in [-0.39, 0.29) is 5.91 Å². The molecule has 1 aromatic rings. The summed E-state index contributed by atoms with van der Waals surface area (Å²) in [5.74, 6) is 2.25. The molecule has 0 bridgehead atoms. The lowest BCUT2D eigenvalue weighted by Crippen LogP contribution is -2.42. The van der Waals surface area contributed by atoms with Crippen molar-refractivity contribution in [3.05, 3.63) is 23.8 Å². The third-order valence-electron chi connectivity index (χ3n) is 4.86. The smallest absolute Gasteiger partial charge is 0.232 e. The van der Waals surface area contributed by atoms with Gasteiger partial charge in [-0.25, -0.2) is 0 Å². The summed E-state index contributed by atoms with van der Waals surface area (Å²) in [6, 6.07) is 5.84. The van der Waals surface area contributed by atoms with Crippen molar-refractivity contribution < 1.29 is 14.3 Å². The average Bonchev–Trinajstić information content (AvgIpc) is 3.02. The molecule has 126 valence electrons. The molecular formula is C18H26N2O3. The lowest BCUT2D eigenvalue weighted by Gasteiger charge is -2.31. The Morgan fingerprint density at radius 2 is 2.04 bits per heavy atom. The van der Waals surface area contributed by atoms with Crippen molar-refractivity contribution in [3.63, 3.8) is 0 Å². The van der Waals surface area contributed by atoms with E-state index in [1.807, 2.05) is 44.0 Å². The number of nitrogens with zero attached hydrogens (tertiary/aromatic N) is 1. The number of nitrogens with one attached hydrogen (secondary N) is 1. The zero-order chi connectivity index (χ0) is 16.4. The van der Waals surface area contributed by atoms with E-state index in [0.29, 0.717) is 19.1 Å². The Balaban J connectivity index is 1.77. The molecule has 0 aliphatic carbocycles. The highest BCUT2D eigenvalue weighted by molar-refractivity contribution is 5.87. The molecule has 5 nitrogen and oxygen atoms in total. The molecule has 0 aromatic heterocycles. The molecule has 1 unspecified atom stereocenters. The molecule has 23 heavy (non-hydrogen) atoms. The van der Waals surface area contributed by atoms with E-state index in [2.05, 4.69) is 5.32 Å². The highest BCUT2D eigenvalue weighted by Crippen LogP contribution is 2.36. The van der Waals surface area contributed by atoms with Gasteiger partial charge in [0.1, 0.15) is 13.2 Å². The SMILES string of the molecule is CNCC1CCN(C(=O)C(C)(C)c2ccc3c(c2)OCCO3)C1. The second-order valence-corrected chi connectivity index (χ2v) is 6.95. The molecule has 1 N–H and O–H groups in total. The van der Waals surface area contributed by atoms with Crippen molar-refractivity contribution in [1.29, 1.82) is 0 Å². The van der Waals surface area contributed by atoms with E-state index in [1.54, 1.807) is 0 Å². The van der Waals surface area contributed by atoms with E-state index < -0.39 is 5.41 Å². The third kappa shape index (κ3) is 3.15. The van der Waals surface area contributed by atoms with Crippen LogP contribution in [0, 0.1) is 5.92 Å². The number of ether oxygens (including phenoxy) is 2. The fourth-order valence-electron chi connectivity index (χ4n) is 3.42. The van der Waals surface area contributed by atoms with Crippen LogP contribution in [0.4, 0.5) is 0 Å². The van der Waals surface area contributed by atoms with Gasteiger partial charge in [-0.15, -0.1) is 0 Å². The number of carbonyl (C=O) groups excluding carboxylic acids is 1. The molecule has 1 fully saturated rings. The van der Waals surface area contributed by atoms with E-state index >= 15 is 0 Å². The Bertz CT molecular complexity index is 586. The third-order valence-corrected chi connectivity index (χ3v) is 4.86. The van der Waals surface area contributed by atoms with Crippen LogP contribution in [-0.4, -0.2) is 50.7 Å². The first-order chi connectivity index (χ1) is 11.0. The van der Waals surface area contributed by atoms with Crippen LogP contribution < -0.4 is 14.8 Å². The van der Waals surface area contributed by atoms with Gasteiger partial charge >= 0.3 is 0 Å². The quantitative estimate of drug-likeness (QED) is 0.920. The van der Waals surface area contributed by atoms with Crippen molar-refractivity contribution in [3.8, 4) is 11.5 Å². The monoisotopic (exact) mass is 318 g/mol. The van der Waals surface area contributed by atoms with E-state index in [1.165, 1.54) is 0 Å². The Hall–Kier alpha value is -1.75. The first-order valence-corrected chi connectivity index (χ1v) is 8.36. The average molecular weight is 318 g/mol. The number of rotatable bonds is 4. The second-order valence-electron chi connectivity index (χ2n) is 6.95. The van der Waals surface area contributed by atoms with Gasteiger partial charge in [-0.1, -0.05) is 6.07 Å². The molecular weight excluding hydrogens is 292 g/mol. The van der Waals surface area contributed by atoms with Crippen LogP contribution in [0.5, 0.6) is 11.5 Å². The Morgan fingerprint density at radius 1 is 1.30 bits per heavy atom. The molecule has 2 aliphatic rings. The standard InChI is InChI=1S/C18H26N2O3/c1-18(2,17(21)20-7-6-13(12-20)11-19-3)14-4-5-15-16(10-14)23-9-8-22-15/h4-5,10,13,19H,6-9,11-12H2,1-3H3. The minimum Gasteiger partial charge on any atom is -0.486 e. The number of amides is 1. The topological polar surface area (TPSA) is 50.8 Å². The van der Waals surface area contributed by atoms with Crippen molar-refractivity contribution in [2.45, 2.75) is 25.7 Å². The van der Waals surface area contributed by atoms with Crippen LogP contribution >= 0.6 is 0 Å². The van der Waals surface area contributed by atoms with Gasteiger partial charge in [0.25, 0.3) is 0 Å². The lowest BCUT2D eigenvalue weighted by atomic mass is 9.83. The van der Waals surface area contributed by atoms with E-state index in [0.717, 1.165) is 43.1 Å². The Morgan fingerprint density at radius 3 is 2.78 bits per heavy atom. The highest BCUT2D eigenvalue weighted by Gasteiger charge is 2.37. The number of fused-ring (bicyclic) bond motifs is 1. The molecule has 1 amide bonds. The van der Waals surface area contributed by atoms with Gasteiger partial charge in [0.05, 0.1) is 5.41 Å². The summed E-state index contributed by atoms with van der Waals surface area (Å²) >= 11 is 0. The summed E-state index contributed by atoms with van der Waals surface area (Å²) in [4.78, 5) is 15.0. The molecule has 3 rings (SSSR count). The van der Waals surface area contributed by atoms with Gasteiger partial charge in [-0.05, 0) is 57.5 Å². The summed E-state index contributed by atoms with van der Waals surface area (Å²) in [5, 5.41) is 3.21. The van der Waals surface area contributed by atoms with Gasteiger partial charge < -0.3 is 19.7 Å². The van der Waals surface area contributed by atoms with E-state index in [9.17, 15) is 4.79 Å². The Labute approximate surface area is 137 Å². The summed E-state index contributed by atoms with van der Waals surface area (Å²) in [5.41, 5.74) is 0.411. The normalized spacial score (nSPS) is 20.7. The molecule has 5 heteroatoms.